The molecule has 1 heterocycles. The van der Waals surface area contributed by atoms with Crippen LogP contribution in [0, 0.1) is 0 Å². The van der Waals surface area contributed by atoms with Crippen molar-refractivity contribution in [2.75, 3.05) is 18.8 Å². The lowest BCUT2D eigenvalue weighted by Gasteiger charge is -2.27. The van der Waals surface area contributed by atoms with Crippen molar-refractivity contribution in [1.29, 1.82) is 0 Å². The summed E-state index contributed by atoms with van der Waals surface area (Å²) < 4.78 is 38.2. The molecule has 0 unspecified atom stereocenters. The van der Waals surface area contributed by atoms with Crippen LogP contribution in [-0.2, 0) is 0 Å². The molecule has 0 radical (unpaired) electrons. The molecule has 3 nitrogen and oxygen atoms in total. The van der Waals surface area contributed by atoms with Gasteiger partial charge in [0.25, 0.3) is 5.91 Å². The third kappa shape index (κ3) is 3.15. The first kappa shape index (κ1) is 14.9. The van der Waals surface area contributed by atoms with Gasteiger partial charge in [0.1, 0.15) is 0 Å². The molecule has 1 aliphatic rings. The molecule has 1 aliphatic heterocycles. The Hall–Kier alpha value is -1.50. The molecule has 108 valence electrons. The van der Waals surface area contributed by atoms with E-state index in [0.717, 1.165) is 6.08 Å². The molecule has 0 aromatic heterocycles. The van der Waals surface area contributed by atoms with Crippen LogP contribution >= 0.6 is 15.9 Å². The van der Waals surface area contributed by atoms with Gasteiger partial charge in [-0.25, -0.2) is 0 Å². The highest BCUT2D eigenvalue weighted by Gasteiger charge is 2.35. The van der Waals surface area contributed by atoms with Crippen LogP contribution in [0.25, 0.3) is 0 Å². The van der Waals surface area contributed by atoms with E-state index < -0.39 is 11.7 Å². The Morgan fingerprint density at radius 2 is 2.05 bits per heavy atom. The zero-order chi connectivity index (χ0) is 14.9. The largest absolute Gasteiger partial charge is 0.412 e. The molecule has 0 saturated heterocycles. The minimum absolute atomic E-state index is 0.0378. The number of anilines is 1. The van der Waals surface area contributed by atoms with Gasteiger partial charge in [0.05, 0.1) is 5.56 Å². The standard InChI is InChI=1S/C13H12BrF3N2O/c14-9-1-2-11(18)10(7-9)12(20)19-5-3-8(4-6-19)13(15,16)17/h1-3,7H,4-6,18H2. The van der Waals surface area contributed by atoms with Crippen LogP contribution in [0.1, 0.15) is 16.8 Å². The van der Waals surface area contributed by atoms with E-state index in [2.05, 4.69) is 15.9 Å². The lowest BCUT2D eigenvalue weighted by Crippen LogP contribution is -2.37. The van der Waals surface area contributed by atoms with Gasteiger partial charge >= 0.3 is 6.18 Å². The Morgan fingerprint density at radius 1 is 1.35 bits per heavy atom. The molecule has 20 heavy (non-hydrogen) atoms. The minimum atomic E-state index is -4.32. The molecule has 0 saturated carbocycles. The molecule has 1 aromatic carbocycles. The molecule has 0 spiro atoms. The number of alkyl halides is 3. The number of carbonyl (C=O) groups excluding carboxylic acids is 1. The Bertz CT molecular complexity index is 569. The van der Waals surface area contributed by atoms with Gasteiger partial charge in [-0.1, -0.05) is 22.0 Å². The first-order chi connectivity index (χ1) is 9.29. The quantitative estimate of drug-likeness (QED) is 0.624. The molecule has 7 heteroatoms. The van der Waals surface area contributed by atoms with E-state index in [1.54, 1.807) is 18.2 Å². The number of carbonyl (C=O) groups is 1. The van der Waals surface area contributed by atoms with E-state index in [0.29, 0.717) is 15.7 Å². The van der Waals surface area contributed by atoms with Crippen molar-refractivity contribution in [2.24, 2.45) is 0 Å². The fraction of sp³-hybridized carbons (Fsp3) is 0.308. The maximum absolute atomic E-state index is 12.5. The predicted octanol–water partition coefficient (Wildman–Crippen LogP) is 3.37. The second-order valence-corrected chi connectivity index (χ2v) is 5.38. The molecule has 0 atom stereocenters. The smallest absolute Gasteiger partial charge is 0.398 e. The average molecular weight is 349 g/mol. The third-order valence-corrected chi connectivity index (χ3v) is 3.60. The van der Waals surface area contributed by atoms with Gasteiger partial charge in [-0.05, 0) is 24.6 Å². The van der Waals surface area contributed by atoms with E-state index in [9.17, 15) is 18.0 Å². The number of nitrogens with zero attached hydrogens (tertiary/aromatic N) is 1. The van der Waals surface area contributed by atoms with E-state index in [1.807, 2.05) is 0 Å². The second kappa shape index (κ2) is 5.47. The number of benzene rings is 1. The zero-order valence-electron chi connectivity index (χ0n) is 10.4. The Kier molecular flexibility index (Phi) is 4.08. The second-order valence-electron chi connectivity index (χ2n) is 4.46. The van der Waals surface area contributed by atoms with Crippen molar-refractivity contribution >= 4 is 27.5 Å². The summed E-state index contributed by atoms with van der Waals surface area (Å²) in [6, 6.07) is 4.85. The lowest BCUT2D eigenvalue weighted by atomic mass is 10.1. The molecule has 2 N–H and O–H groups in total. The molecule has 0 bridgehead atoms. The van der Waals surface area contributed by atoms with Gasteiger partial charge < -0.3 is 10.6 Å². The lowest BCUT2D eigenvalue weighted by molar-refractivity contribution is -0.0957. The van der Waals surface area contributed by atoms with Gasteiger partial charge in [0.15, 0.2) is 0 Å². The number of rotatable bonds is 1. The van der Waals surface area contributed by atoms with E-state index in [-0.39, 0.29) is 25.4 Å². The fourth-order valence-corrected chi connectivity index (χ4v) is 2.36. The van der Waals surface area contributed by atoms with Gasteiger partial charge in [-0.3, -0.25) is 4.79 Å². The van der Waals surface area contributed by atoms with Crippen LogP contribution in [0.4, 0.5) is 18.9 Å². The van der Waals surface area contributed by atoms with Gasteiger partial charge in [-0.15, -0.1) is 0 Å². The van der Waals surface area contributed by atoms with E-state index in [1.165, 1.54) is 4.90 Å². The molecular weight excluding hydrogens is 337 g/mol. The summed E-state index contributed by atoms with van der Waals surface area (Å²) in [6.45, 7) is -0.0181. The van der Waals surface area contributed by atoms with Crippen LogP contribution < -0.4 is 5.73 Å². The van der Waals surface area contributed by atoms with Crippen LogP contribution in [0.5, 0.6) is 0 Å². The summed E-state index contributed by atoms with van der Waals surface area (Å²) in [6.07, 6.45) is -3.46. The first-order valence-corrected chi connectivity index (χ1v) is 6.69. The Labute approximate surface area is 122 Å². The van der Waals surface area contributed by atoms with Crippen molar-refractivity contribution < 1.29 is 18.0 Å². The number of nitrogen functional groups attached to an aromatic ring is 1. The number of halogens is 4. The van der Waals surface area contributed by atoms with E-state index >= 15 is 0 Å². The number of hydrogen-bond donors (Lipinski definition) is 1. The Morgan fingerprint density at radius 3 is 2.60 bits per heavy atom. The number of hydrogen-bond acceptors (Lipinski definition) is 2. The summed E-state index contributed by atoms with van der Waals surface area (Å²) in [4.78, 5) is 13.6. The average Bonchev–Trinajstić information content (AvgIpc) is 2.40. The number of nitrogens with two attached hydrogens (primary N) is 1. The molecule has 1 amide bonds. The van der Waals surface area contributed by atoms with Gasteiger partial charge in [0.2, 0.25) is 0 Å². The molecule has 2 rings (SSSR count). The summed E-state index contributed by atoms with van der Waals surface area (Å²) in [5.74, 6) is -0.360. The zero-order valence-corrected chi connectivity index (χ0v) is 12.0. The summed E-state index contributed by atoms with van der Waals surface area (Å²) >= 11 is 3.24. The summed E-state index contributed by atoms with van der Waals surface area (Å²) in [5.41, 5.74) is 5.75. The monoisotopic (exact) mass is 348 g/mol. The third-order valence-electron chi connectivity index (χ3n) is 3.11. The van der Waals surface area contributed by atoms with Crippen LogP contribution in [0.3, 0.4) is 0 Å². The molecule has 0 aliphatic carbocycles. The predicted molar refractivity (Wildman–Crippen MR) is 73.2 cm³/mol. The van der Waals surface area contributed by atoms with Gasteiger partial charge in [-0.2, -0.15) is 13.2 Å². The summed E-state index contributed by atoms with van der Waals surface area (Å²) in [7, 11) is 0. The first-order valence-electron chi connectivity index (χ1n) is 5.89. The van der Waals surface area contributed by atoms with Crippen molar-refractivity contribution in [3.8, 4) is 0 Å². The highest BCUT2D eigenvalue weighted by molar-refractivity contribution is 9.10. The minimum Gasteiger partial charge on any atom is -0.398 e. The van der Waals surface area contributed by atoms with Crippen LogP contribution in [0.15, 0.2) is 34.3 Å². The van der Waals surface area contributed by atoms with Crippen LogP contribution in [-0.4, -0.2) is 30.1 Å². The van der Waals surface area contributed by atoms with Crippen molar-refractivity contribution in [3.63, 3.8) is 0 Å². The summed E-state index contributed by atoms with van der Waals surface area (Å²) in [5, 5.41) is 0. The van der Waals surface area contributed by atoms with Crippen molar-refractivity contribution in [2.45, 2.75) is 12.6 Å². The normalized spacial score (nSPS) is 16.0. The van der Waals surface area contributed by atoms with Crippen molar-refractivity contribution in [1.82, 2.24) is 4.90 Å². The molecule has 0 fully saturated rings. The fourth-order valence-electron chi connectivity index (χ4n) is 2.00. The maximum Gasteiger partial charge on any atom is 0.412 e. The van der Waals surface area contributed by atoms with Crippen molar-refractivity contribution in [3.05, 3.63) is 39.9 Å². The highest BCUT2D eigenvalue weighted by Crippen LogP contribution is 2.31. The highest BCUT2D eigenvalue weighted by atomic mass is 79.9. The maximum atomic E-state index is 12.5. The van der Waals surface area contributed by atoms with E-state index in [4.69, 9.17) is 5.73 Å². The van der Waals surface area contributed by atoms with Gasteiger partial charge in [0, 0.05) is 28.8 Å². The molecular formula is C13H12BrF3N2O. The number of amides is 1. The van der Waals surface area contributed by atoms with Crippen LogP contribution in [0.2, 0.25) is 0 Å². The topological polar surface area (TPSA) is 46.3 Å². The Balaban J connectivity index is 2.17. The molecule has 1 aromatic rings. The SMILES string of the molecule is Nc1ccc(Br)cc1C(=O)N1CC=C(C(F)(F)F)CC1.